The fraction of sp³-hybridized carbons (Fsp3) is 0.0526. The first-order valence-corrected chi connectivity index (χ1v) is 14.5. The molecular weight excluding hydrogens is 686 g/mol. The van der Waals surface area contributed by atoms with Gasteiger partial charge in [-0.25, -0.2) is 0 Å². The predicted octanol–water partition coefficient (Wildman–Crippen LogP) is 9.10. The van der Waals surface area contributed by atoms with Gasteiger partial charge in [-0.2, -0.15) is 31.6 Å². The van der Waals surface area contributed by atoms with E-state index in [9.17, 15) is 57.9 Å². The minimum atomic E-state index is -5.09. The summed E-state index contributed by atoms with van der Waals surface area (Å²) in [6, 6.07) is 26.9. The van der Waals surface area contributed by atoms with Crippen molar-refractivity contribution in [3.63, 3.8) is 0 Å². The molecule has 0 radical (unpaired) electrons. The normalized spacial score (nSPS) is 12.5. The third-order valence-electron chi connectivity index (χ3n) is 8.14. The van der Waals surface area contributed by atoms with Gasteiger partial charge >= 0.3 is 12.7 Å². The predicted molar refractivity (Wildman–Crippen MR) is 170 cm³/mol. The zero-order chi connectivity index (χ0) is 37.5. The van der Waals surface area contributed by atoms with E-state index in [0.29, 0.717) is 0 Å². The number of hydrogen-bond acceptors (Lipinski definition) is 8. The number of rotatable bonds is 4. The van der Waals surface area contributed by atoms with Gasteiger partial charge in [-0.05, 0) is 68.8 Å². The van der Waals surface area contributed by atoms with Crippen molar-refractivity contribution in [3.8, 4) is 70.2 Å². The molecule has 0 fully saturated rings. The summed E-state index contributed by atoms with van der Waals surface area (Å²) in [6.45, 7) is 0. The molecule has 6 rings (SSSR count). The van der Waals surface area contributed by atoms with Gasteiger partial charge in [0.25, 0.3) is 0 Å². The van der Waals surface area contributed by atoms with Crippen LogP contribution in [0.15, 0.2) is 83.9 Å². The molecule has 2 aliphatic carbocycles. The Labute approximate surface area is 289 Å². The van der Waals surface area contributed by atoms with E-state index in [2.05, 4.69) is 9.47 Å². The second kappa shape index (κ2) is 12.6. The molecule has 0 heterocycles. The van der Waals surface area contributed by atoms with Gasteiger partial charge in [-0.15, -0.1) is 26.3 Å². The standard InChI is InChI=1S/C38H12F6N6O2/c39-37(40,41)51-29-9-7-19(11-21(29)13-45)25-3-1-5-27-31(23(15-47)16-48)35-34-26(20-8-10-30(22(12-20)14-46)52-38(42,43)44)4-2-6-28(34)32(24(17-49)18-50)36(35)33(25)27/h1-12H. The van der Waals surface area contributed by atoms with Crippen molar-refractivity contribution in [2.24, 2.45) is 0 Å². The molecule has 0 N–H and O–H groups in total. The minimum absolute atomic E-state index is 0.0749. The van der Waals surface area contributed by atoms with Gasteiger partial charge in [0, 0.05) is 22.3 Å². The lowest BCUT2D eigenvalue weighted by Crippen LogP contribution is -2.17. The van der Waals surface area contributed by atoms with Gasteiger partial charge in [0.2, 0.25) is 0 Å². The van der Waals surface area contributed by atoms with Crippen LogP contribution in [0.4, 0.5) is 26.3 Å². The van der Waals surface area contributed by atoms with Crippen LogP contribution < -0.4 is 9.47 Å². The zero-order valence-corrected chi connectivity index (χ0v) is 25.7. The lowest BCUT2D eigenvalue weighted by atomic mass is 9.84. The second-order valence-corrected chi connectivity index (χ2v) is 10.9. The van der Waals surface area contributed by atoms with Crippen molar-refractivity contribution >= 4 is 22.3 Å². The van der Waals surface area contributed by atoms with E-state index in [-0.39, 0.29) is 77.9 Å². The molecule has 52 heavy (non-hydrogen) atoms. The van der Waals surface area contributed by atoms with Crippen LogP contribution in [0.1, 0.15) is 33.4 Å². The monoisotopic (exact) mass is 698 g/mol. The molecule has 0 aliphatic heterocycles. The molecule has 4 aromatic carbocycles. The maximum atomic E-state index is 13.1. The molecule has 0 saturated heterocycles. The molecule has 8 nitrogen and oxygen atoms in total. The van der Waals surface area contributed by atoms with Gasteiger partial charge < -0.3 is 9.47 Å². The number of benzene rings is 4. The fourth-order valence-corrected chi connectivity index (χ4v) is 6.35. The van der Waals surface area contributed by atoms with Crippen LogP contribution in [0.2, 0.25) is 0 Å². The Balaban J connectivity index is 1.72. The molecule has 4 aromatic rings. The maximum Gasteiger partial charge on any atom is 0.573 e. The Hall–Kier alpha value is -7.78. The van der Waals surface area contributed by atoms with Gasteiger partial charge in [-0.1, -0.05) is 48.5 Å². The molecule has 2 aliphatic rings. The number of hydrogen-bond donors (Lipinski definition) is 0. The second-order valence-electron chi connectivity index (χ2n) is 10.9. The first-order valence-electron chi connectivity index (χ1n) is 14.5. The molecule has 0 spiro atoms. The van der Waals surface area contributed by atoms with Crippen molar-refractivity contribution in [1.29, 1.82) is 31.6 Å². The fourth-order valence-electron chi connectivity index (χ4n) is 6.35. The maximum absolute atomic E-state index is 13.1. The first-order chi connectivity index (χ1) is 24.8. The number of nitriles is 6. The Kier molecular flexibility index (Phi) is 8.26. The van der Waals surface area contributed by atoms with Crippen LogP contribution in [0, 0.1) is 68.0 Å². The number of allylic oxidation sites excluding steroid dienone is 6. The van der Waals surface area contributed by atoms with E-state index in [1.165, 1.54) is 12.1 Å². The summed E-state index contributed by atoms with van der Waals surface area (Å²) in [4.78, 5) is 0. The van der Waals surface area contributed by atoms with Crippen molar-refractivity contribution in [1.82, 2.24) is 0 Å². The zero-order valence-electron chi connectivity index (χ0n) is 25.7. The highest BCUT2D eigenvalue weighted by molar-refractivity contribution is 6.39. The van der Waals surface area contributed by atoms with Gasteiger partial charge in [-0.3, -0.25) is 0 Å². The van der Waals surface area contributed by atoms with E-state index in [4.69, 9.17) is 0 Å². The van der Waals surface area contributed by atoms with Gasteiger partial charge in [0.15, 0.2) is 0 Å². The Bertz CT molecular complexity index is 2410. The topological polar surface area (TPSA) is 161 Å². The van der Waals surface area contributed by atoms with Crippen LogP contribution in [0.25, 0.3) is 44.5 Å². The van der Waals surface area contributed by atoms with E-state index < -0.39 is 35.4 Å². The molecule has 0 amide bonds. The van der Waals surface area contributed by atoms with Crippen molar-refractivity contribution < 1.29 is 35.8 Å². The lowest BCUT2D eigenvalue weighted by molar-refractivity contribution is -0.275. The highest BCUT2D eigenvalue weighted by Gasteiger charge is 2.42. The SMILES string of the molecule is N#CC(C#N)=C1C2=C(C(=C(C#N)C#N)c3cccc(-c4ccc(OC(F)(F)F)c(C#N)c4)c32)c2c1cccc2-c1ccc(OC(F)(F)F)c(C#N)c1. The van der Waals surface area contributed by atoms with Crippen LogP contribution >= 0.6 is 0 Å². The number of halogens is 6. The van der Waals surface area contributed by atoms with Crippen LogP contribution in [0.3, 0.4) is 0 Å². The van der Waals surface area contributed by atoms with E-state index in [0.717, 1.165) is 24.3 Å². The molecule has 0 saturated carbocycles. The number of nitrogens with zero attached hydrogens (tertiary/aromatic N) is 6. The Morgan fingerprint density at radius 1 is 0.481 bits per heavy atom. The smallest absolute Gasteiger partial charge is 0.404 e. The summed E-state index contributed by atoms with van der Waals surface area (Å²) in [6.07, 6.45) is -10.2. The summed E-state index contributed by atoms with van der Waals surface area (Å²) in [5, 5.41) is 60.0. The van der Waals surface area contributed by atoms with E-state index in [1.807, 2.05) is 24.3 Å². The molecule has 0 atom stereocenters. The summed E-state index contributed by atoms with van der Waals surface area (Å²) in [5.41, 5.74) is 0.906. The molecule has 0 unspecified atom stereocenters. The quantitative estimate of drug-likeness (QED) is 0.151. The van der Waals surface area contributed by atoms with Crippen molar-refractivity contribution in [2.45, 2.75) is 12.7 Å². The average Bonchev–Trinajstić information content (AvgIpc) is 3.61. The van der Waals surface area contributed by atoms with E-state index >= 15 is 0 Å². The number of alkyl halides is 6. The van der Waals surface area contributed by atoms with Gasteiger partial charge in [0.05, 0.1) is 11.1 Å². The minimum Gasteiger partial charge on any atom is -0.404 e. The van der Waals surface area contributed by atoms with Crippen molar-refractivity contribution in [3.05, 3.63) is 117 Å². The Morgan fingerprint density at radius 3 is 1.13 bits per heavy atom. The lowest BCUT2D eigenvalue weighted by Gasteiger charge is -2.18. The molecule has 0 aromatic heterocycles. The summed E-state index contributed by atoms with van der Waals surface area (Å²) < 4.78 is 86.4. The summed E-state index contributed by atoms with van der Waals surface area (Å²) in [7, 11) is 0. The highest BCUT2D eigenvalue weighted by atomic mass is 19.4. The summed E-state index contributed by atoms with van der Waals surface area (Å²) >= 11 is 0. The number of fused-ring (bicyclic) bond motifs is 4. The molecule has 0 bridgehead atoms. The average molecular weight is 699 g/mol. The van der Waals surface area contributed by atoms with Crippen LogP contribution in [-0.2, 0) is 0 Å². The van der Waals surface area contributed by atoms with Crippen LogP contribution in [0.5, 0.6) is 11.5 Å². The summed E-state index contributed by atoms with van der Waals surface area (Å²) in [5.74, 6) is -1.53. The Morgan fingerprint density at radius 2 is 0.827 bits per heavy atom. The molecule has 248 valence electrons. The van der Waals surface area contributed by atoms with Gasteiger partial charge in [0.1, 0.15) is 59.1 Å². The largest absolute Gasteiger partial charge is 0.573 e. The van der Waals surface area contributed by atoms with Crippen LogP contribution in [-0.4, -0.2) is 12.7 Å². The first kappa shape index (κ1) is 34.1. The third kappa shape index (κ3) is 5.70. The third-order valence-corrected chi connectivity index (χ3v) is 8.14. The van der Waals surface area contributed by atoms with Crippen molar-refractivity contribution in [2.75, 3.05) is 0 Å². The number of ether oxygens (including phenoxy) is 2. The molecule has 14 heteroatoms. The van der Waals surface area contributed by atoms with E-state index in [1.54, 1.807) is 48.5 Å². The molecular formula is C38H12F6N6O2. The highest BCUT2D eigenvalue weighted by Crippen LogP contribution is 2.62.